The van der Waals surface area contributed by atoms with E-state index < -0.39 is 0 Å². The van der Waals surface area contributed by atoms with E-state index in [-0.39, 0.29) is 0 Å². The maximum atomic E-state index is 5.10. The molecule has 3 aromatic rings. The van der Waals surface area contributed by atoms with Crippen molar-refractivity contribution in [3.8, 4) is 0 Å². The first-order valence-electron chi connectivity index (χ1n) is 12.0. The van der Waals surface area contributed by atoms with E-state index >= 15 is 0 Å². The number of aliphatic imine (C=N–C) groups is 1. The van der Waals surface area contributed by atoms with Crippen LogP contribution in [0, 0.1) is 20.8 Å². The third kappa shape index (κ3) is 4.56. The van der Waals surface area contributed by atoms with E-state index in [1.165, 1.54) is 33.5 Å². The number of aryl methyl sites for hydroxylation is 2. The fourth-order valence-corrected chi connectivity index (χ4v) is 4.55. The van der Waals surface area contributed by atoms with Gasteiger partial charge in [0, 0.05) is 28.3 Å². The second-order valence-corrected chi connectivity index (χ2v) is 8.66. The molecule has 3 aromatic heterocycles. The molecule has 4 nitrogen and oxygen atoms in total. The molecule has 4 heterocycles. The van der Waals surface area contributed by atoms with Gasteiger partial charge in [0.05, 0.1) is 17.1 Å². The lowest BCUT2D eigenvalue weighted by Gasteiger charge is -2.04. The number of nitrogens with one attached hydrogen (secondary N) is 2. The molecule has 33 heavy (non-hydrogen) atoms. The summed E-state index contributed by atoms with van der Waals surface area (Å²) < 4.78 is 0. The highest BCUT2D eigenvalue weighted by molar-refractivity contribution is 6.23. The van der Waals surface area contributed by atoms with Crippen molar-refractivity contribution in [1.29, 1.82) is 0 Å². The van der Waals surface area contributed by atoms with Crippen LogP contribution in [0.3, 0.4) is 0 Å². The Hall–Kier alpha value is -3.40. The van der Waals surface area contributed by atoms with Gasteiger partial charge >= 0.3 is 0 Å². The van der Waals surface area contributed by atoms with Gasteiger partial charge in [-0.2, -0.15) is 0 Å². The molecule has 170 valence electrons. The third-order valence-electron chi connectivity index (χ3n) is 6.67. The molecule has 0 atom stereocenters. The zero-order chi connectivity index (χ0) is 23.5. The van der Waals surface area contributed by atoms with E-state index in [9.17, 15) is 0 Å². The lowest BCUT2D eigenvalue weighted by Crippen LogP contribution is -2.13. The molecule has 1 aliphatic rings. The van der Waals surface area contributed by atoms with Gasteiger partial charge in [-0.15, -0.1) is 0 Å². The fourth-order valence-electron chi connectivity index (χ4n) is 4.55. The quantitative estimate of drug-likeness (QED) is 0.528. The van der Waals surface area contributed by atoms with Crippen molar-refractivity contribution in [2.45, 2.75) is 60.8 Å². The molecule has 0 aromatic carbocycles. The van der Waals surface area contributed by atoms with Crippen molar-refractivity contribution < 1.29 is 0 Å². The molecule has 2 N–H and O–H groups in total. The Morgan fingerprint density at radius 3 is 2.24 bits per heavy atom. The normalized spacial score (nSPS) is 16.4. The van der Waals surface area contributed by atoms with Gasteiger partial charge in [0.1, 0.15) is 0 Å². The van der Waals surface area contributed by atoms with Gasteiger partial charge in [0.15, 0.2) is 0 Å². The van der Waals surface area contributed by atoms with Crippen LogP contribution in [0.1, 0.15) is 67.4 Å². The van der Waals surface area contributed by atoms with E-state index in [0.29, 0.717) is 0 Å². The summed E-state index contributed by atoms with van der Waals surface area (Å²) in [6.07, 6.45) is 11.3. The molecule has 0 unspecified atom stereocenters. The molecule has 0 radical (unpaired) electrons. The number of hydrogen-bond acceptors (Lipinski definition) is 2. The van der Waals surface area contributed by atoms with Gasteiger partial charge in [-0.05, 0) is 104 Å². The average molecular weight is 439 g/mol. The lowest BCUT2D eigenvalue weighted by atomic mass is 9.99. The Kier molecular flexibility index (Phi) is 6.64. The zero-order valence-electron chi connectivity index (χ0n) is 20.6. The second-order valence-electron chi connectivity index (χ2n) is 8.66. The Morgan fingerprint density at radius 2 is 1.64 bits per heavy atom. The molecule has 0 bridgehead atoms. The Bertz CT molecular complexity index is 1380. The topological polar surface area (TPSA) is 56.8 Å². The number of H-pyrrole nitrogens is 2. The maximum absolute atomic E-state index is 5.10. The highest BCUT2D eigenvalue weighted by atomic mass is 14.8. The second kappa shape index (κ2) is 9.62. The fraction of sp³-hybridized carbons (Fsp3) is 0.310. The molecule has 0 amide bonds. The maximum Gasteiger partial charge on any atom is 0.0693 e. The summed E-state index contributed by atoms with van der Waals surface area (Å²) in [5.41, 5.74) is 12.1. The minimum Gasteiger partial charge on any atom is -0.359 e. The summed E-state index contributed by atoms with van der Waals surface area (Å²) >= 11 is 0. The standard InChI is InChI=1S/C29H34N4/c1-7-21-14-23(32-27(21)15-22-12-10-11-13-30-22)16-28-24(8-2)25(9-3)29(33-28)17-26-19(5)18(4)20(6)31-26/h10-17,31-32H,7-9H2,1-6H3/b23-16-,27-15-,29-17?. The highest BCUT2D eigenvalue weighted by Crippen LogP contribution is 2.32. The summed E-state index contributed by atoms with van der Waals surface area (Å²) in [4.78, 5) is 16.7. The van der Waals surface area contributed by atoms with E-state index in [1.54, 1.807) is 0 Å². The Labute approximate surface area is 196 Å². The van der Waals surface area contributed by atoms with Crippen LogP contribution in [0.5, 0.6) is 0 Å². The van der Waals surface area contributed by atoms with Crippen LogP contribution < -0.4 is 10.7 Å². The largest absolute Gasteiger partial charge is 0.359 e. The van der Waals surface area contributed by atoms with Crippen molar-refractivity contribution in [1.82, 2.24) is 15.0 Å². The van der Waals surface area contributed by atoms with Crippen molar-refractivity contribution in [2.75, 3.05) is 0 Å². The van der Waals surface area contributed by atoms with Crippen LogP contribution in [0.2, 0.25) is 0 Å². The molecule has 0 saturated heterocycles. The number of allylic oxidation sites excluding steroid dienone is 2. The van der Waals surface area contributed by atoms with Crippen molar-refractivity contribution in [3.63, 3.8) is 0 Å². The molecule has 4 heteroatoms. The monoisotopic (exact) mass is 438 g/mol. The molecular weight excluding hydrogens is 404 g/mol. The number of aromatic nitrogens is 3. The zero-order valence-corrected chi connectivity index (χ0v) is 20.6. The predicted octanol–water partition coefficient (Wildman–Crippen LogP) is 5.45. The molecule has 0 spiro atoms. The number of aromatic amines is 2. The van der Waals surface area contributed by atoms with Crippen molar-refractivity contribution >= 4 is 23.9 Å². The molecule has 0 aliphatic carbocycles. The molecule has 1 aliphatic heterocycles. The minimum atomic E-state index is 0.957. The van der Waals surface area contributed by atoms with E-state index in [2.05, 4.69) is 80.8 Å². The van der Waals surface area contributed by atoms with Gasteiger partial charge in [0.25, 0.3) is 0 Å². The Balaban J connectivity index is 1.81. The van der Waals surface area contributed by atoms with E-state index in [4.69, 9.17) is 4.99 Å². The summed E-state index contributed by atoms with van der Waals surface area (Å²) in [6.45, 7) is 13.1. The number of hydrogen-bond donors (Lipinski definition) is 2. The SMILES string of the molecule is CCC1=C(CC)C(/C=c2/cc(CC)/c(=C/c3ccccn3)[nH]2)=NC1=Cc1[nH]c(C)c(C)c1C. The van der Waals surface area contributed by atoms with Crippen molar-refractivity contribution in [2.24, 2.45) is 4.99 Å². The summed E-state index contributed by atoms with van der Waals surface area (Å²) in [5.74, 6) is 0. The van der Waals surface area contributed by atoms with Gasteiger partial charge in [0.2, 0.25) is 0 Å². The molecular formula is C29H34N4. The smallest absolute Gasteiger partial charge is 0.0693 e. The minimum absolute atomic E-state index is 0.957. The molecule has 0 fully saturated rings. The van der Waals surface area contributed by atoms with Gasteiger partial charge in [-0.25, -0.2) is 4.99 Å². The van der Waals surface area contributed by atoms with Crippen LogP contribution in [0.25, 0.3) is 18.2 Å². The van der Waals surface area contributed by atoms with Gasteiger partial charge in [-0.1, -0.05) is 26.8 Å². The first-order valence-corrected chi connectivity index (χ1v) is 12.0. The van der Waals surface area contributed by atoms with Gasteiger partial charge < -0.3 is 9.97 Å². The summed E-state index contributed by atoms with van der Waals surface area (Å²) in [6, 6.07) is 8.22. The van der Waals surface area contributed by atoms with Crippen LogP contribution in [-0.2, 0) is 6.42 Å². The lowest BCUT2D eigenvalue weighted by molar-refractivity contribution is 1.06. The molecule has 0 saturated carbocycles. The number of rotatable bonds is 6. The van der Waals surface area contributed by atoms with Gasteiger partial charge in [-0.3, -0.25) is 4.98 Å². The number of nitrogens with zero attached hydrogens (tertiary/aromatic N) is 2. The van der Waals surface area contributed by atoms with Crippen LogP contribution >= 0.6 is 0 Å². The molecule has 4 rings (SSSR count). The Morgan fingerprint density at radius 1 is 0.848 bits per heavy atom. The van der Waals surface area contributed by atoms with E-state index in [1.807, 2.05) is 24.4 Å². The van der Waals surface area contributed by atoms with Crippen LogP contribution in [0.15, 0.2) is 52.3 Å². The summed E-state index contributed by atoms with van der Waals surface area (Å²) in [5, 5.41) is 2.20. The first kappa shape index (κ1) is 22.8. The highest BCUT2D eigenvalue weighted by Gasteiger charge is 2.20. The predicted molar refractivity (Wildman–Crippen MR) is 140 cm³/mol. The third-order valence-corrected chi connectivity index (χ3v) is 6.67. The summed E-state index contributed by atoms with van der Waals surface area (Å²) in [7, 11) is 0. The van der Waals surface area contributed by atoms with Crippen LogP contribution in [-0.4, -0.2) is 20.7 Å². The van der Waals surface area contributed by atoms with Crippen LogP contribution in [0.4, 0.5) is 0 Å². The first-order chi connectivity index (χ1) is 15.9. The van der Waals surface area contributed by atoms with E-state index in [0.717, 1.165) is 52.8 Å². The van der Waals surface area contributed by atoms with Crippen molar-refractivity contribution in [3.05, 3.63) is 91.8 Å². The average Bonchev–Trinajstić information content (AvgIpc) is 3.44. The number of pyridine rings is 1.